The van der Waals surface area contributed by atoms with Gasteiger partial charge in [0.15, 0.2) is 5.82 Å². The molecular formula is C21H29N3O2. The number of piperidine rings is 1. The lowest BCUT2D eigenvalue weighted by Crippen LogP contribution is -2.40. The Labute approximate surface area is 155 Å². The van der Waals surface area contributed by atoms with E-state index < -0.39 is 0 Å². The van der Waals surface area contributed by atoms with Crippen LogP contribution in [0.1, 0.15) is 55.8 Å². The van der Waals surface area contributed by atoms with E-state index >= 15 is 0 Å². The summed E-state index contributed by atoms with van der Waals surface area (Å²) < 4.78 is 10.7. The fourth-order valence-corrected chi connectivity index (χ4v) is 4.41. The molecule has 2 aromatic rings. The highest BCUT2D eigenvalue weighted by atomic mass is 16.5. The molecule has 5 nitrogen and oxygen atoms in total. The van der Waals surface area contributed by atoms with Gasteiger partial charge in [0.25, 0.3) is 0 Å². The Hall–Kier alpha value is -1.88. The molecule has 1 aromatic heterocycles. The van der Waals surface area contributed by atoms with Crippen molar-refractivity contribution in [2.75, 3.05) is 20.2 Å². The second-order valence-electron chi connectivity index (χ2n) is 7.75. The molecule has 0 amide bonds. The number of aromatic nitrogens is 2. The van der Waals surface area contributed by atoms with Gasteiger partial charge >= 0.3 is 0 Å². The number of benzene rings is 1. The number of likely N-dealkylation sites (tertiary alicyclic amines) is 1. The zero-order valence-electron chi connectivity index (χ0n) is 15.7. The van der Waals surface area contributed by atoms with E-state index in [4.69, 9.17) is 9.26 Å². The Bertz CT molecular complexity index is 684. The van der Waals surface area contributed by atoms with E-state index in [2.05, 4.69) is 15.0 Å². The van der Waals surface area contributed by atoms with E-state index in [9.17, 15) is 0 Å². The van der Waals surface area contributed by atoms with Gasteiger partial charge in [-0.1, -0.05) is 30.1 Å². The van der Waals surface area contributed by atoms with Crippen molar-refractivity contribution in [2.24, 2.45) is 5.92 Å². The average molecular weight is 355 g/mol. The summed E-state index contributed by atoms with van der Waals surface area (Å²) in [5.74, 6) is 3.13. The Morgan fingerprint density at radius 2 is 1.81 bits per heavy atom. The van der Waals surface area contributed by atoms with E-state index in [1.165, 1.54) is 51.6 Å². The number of nitrogens with zero attached hydrogens (tertiary/aromatic N) is 3. The molecule has 0 bridgehead atoms. The molecule has 2 heterocycles. The Morgan fingerprint density at radius 3 is 2.50 bits per heavy atom. The summed E-state index contributed by atoms with van der Waals surface area (Å²) in [5.41, 5.74) is 1.16. The topological polar surface area (TPSA) is 51.4 Å². The van der Waals surface area contributed by atoms with Gasteiger partial charge in [0.1, 0.15) is 5.75 Å². The molecule has 140 valence electrons. The van der Waals surface area contributed by atoms with Gasteiger partial charge in [0, 0.05) is 12.5 Å². The number of rotatable bonds is 6. The summed E-state index contributed by atoms with van der Waals surface area (Å²) in [5, 5.41) is 4.21. The van der Waals surface area contributed by atoms with Gasteiger partial charge in [-0.15, -0.1) is 0 Å². The van der Waals surface area contributed by atoms with Crippen molar-refractivity contribution in [1.29, 1.82) is 0 Å². The third-order valence-corrected chi connectivity index (χ3v) is 5.99. The minimum Gasteiger partial charge on any atom is -0.497 e. The first-order chi connectivity index (χ1) is 12.8. The standard InChI is InChI=1S/C21H29N3O2/c1-25-19-8-6-16(7-9-19)15-21-22-20(23-26-21)14-17-10-12-24(13-11-17)18-4-2-3-5-18/h6-9,17-18H,2-5,10-15H2,1H3. The first-order valence-electron chi connectivity index (χ1n) is 9.98. The molecule has 2 aliphatic rings. The van der Waals surface area contributed by atoms with Crippen molar-refractivity contribution >= 4 is 0 Å². The predicted molar refractivity (Wildman–Crippen MR) is 100 cm³/mol. The highest BCUT2D eigenvalue weighted by Crippen LogP contribution is 2.28. The molecule has 26 heavy (non-hydrogen) atoms. The molecular weight excluding hydrogens is 326 g/mol. The van der Waals surface area contributed by atoms with Crippen LogP contribution in [0.25, 0.3) is 0 Å². The summed E-state index contributed by atoms with van der Waals surface area (Å²) >= 11 is 0. The highest BCUT2D eigenvalue weighted by Gasteiger charge is 2.27. The minimum absolute atomic E-state index is 0.678. The van der Waals surface area contributed by atoms with Crippen LogP contribution < -0.4 is 4.74 Å². The van der Waals surface area contributed by atoms with Crippen LogP contribution in [0, 0.1) is 5.92 Å². The molecule has 1 saturated heterocycles. The molecule has 0 atom stereocenters. The fraction of sp³-hybridized carbons (Fsp3) is 0.619. The molecule has 1 aromatic carbocycles. The van der Waals surface area contributed by atoms with Crippen molar-refractivity contribution in [1.82, 2.24) is 15.0 Å². The van der Waals surface area contributed by atoms with Crippen molar-refractivity contribution in [2.45, 2.75) is 57.4 Å². The maximum absolute atomic E-state index is 5.47. The molecule has 0 N–H and O–H groups in total. The van der Waals surface area contributed by atoms with E-state index in [-0.39, 0.29) is 0 Å². The predicted octanol–water partition coefficient (Wildman–Crippen LogP) is 3.87. The van der Waals surface area contributed by atoms with Crippen molar-refractivity contribution in [3.63, 3.8) is 0 Å². The fourth-order valence-electron chi connectivity index (χ4n) is 4.41. The smallest absolute Gasteiger partial charge is 0.231 e. The Morgan fingerprint density at radius 1 is 1.08 bits per heavy atom. The van der Waals surface area contributed by atoms with Crippen LogP contribution in [-0.2, 0) is 12.8 Å². The van der Waals surface area contributed by atoms with Gasteiger partial charge in [-0.2, -0.15) is 4.98 Å². The van der Waals surface area contributed by atoms with Crippen LogP contribution in [0.2, 0.25) is 0 Å². The lowest BCUT2D eigenvalue weighted by atomic mass is 9.92. The van der Waals surface area contributed by atoms with Gasteiger partial charge in [-0.05, 0) is 62.4 Å². The quantitative estimate of drug-likeness (QED) is 0.787. The number of hydrogen-bond acceptors (Lipinski definition) is 5. The van der Waals surface area contributed by atoms with Crippen LogP contribution in [0.15, 0.2) is 28.8 Å². The molecule has 2 fully saturated rings. The molecule has 1 aliphatic heterocycles. The third kappa shape index (κ3) is 4.26. The SMILES string of the molecule is COc1ccc(Cc2nc(CC3CCN(C4CCCC4)CC3)no2)cc1. The van der Waals surface area contributed by atoms with Crippen LogP contribution >= 0.6 is 0 Å². The Balaban J connectivity index is 1.27. The van der Waals surface area contributed by atoms with Crippen LogP contribution in [0.4, 0.5) is 0 Å². The maximum atomic E-state index is 5.47. The summed E-state index contributed by atoms with van der Waals surface area (Å²) in [6.45, 7) is 2.48. The van der Waals surface area contributed by atoms with Crippen molar-refractivity contribution in [3.05, 3.63) is 41.5 Å². The zero-order chi connectivity index (χ0) is 17.8. The van der Waals surface area contributed by atoms with E-state index in [1.807, 2.05) is 24.3 Å². The minimum atomic E-state index is 0.678. The van der Waals surface area contributed by atoms with Crippen molar-refractivity contribution < 1.29 is 9.26 Å². The zero-order valence-corrected chi connectivity index (χ0v) is 15.7. The van der Waals surface area contributed by atoms with Crippen molar-refractivity contribution in [3.8, 4) is 5.75 Å². The second-order valence-corrected chi connectivity index (χ2v) is 7.75. The van der Waals surface area contributed by atoms with E-state index in [1.54, 1.807) is 7.11 Å². The summed E-state index contributed by atoms with van der Waals surface area (Å²) in [7, 11) is 1.68. The van der Waals surface area contributed by atoms with Crippen LogP contribution in [0.3, 0.4) is 0 Å². The molecule has 4 rings (SSSR count). The summed E-state index contributed by atoms with van der Waals surface area (Å²) in [6.07, 6.45) is 9.81. The number of hydrogen-bond donors (Lipinski definition) is 0. The van der Waals surface area contributed by atoms with Crippen LogP contribution in [-0.4, -0.2) is 41.3 Å². The van der Waals surface area contributed by atoms with Gasteiger partial charge in [0.2, 0.25) is 5.89 Å². The average Bonchev–Trinajstić information content (AvgIpc) is 3.35. The van der Waals surface area contributed by atoms with Gasteiger partial charge in [-0.3, -0.25) is 0 Å². The summed E-state index contributed by atoms with van der Waals surface area (Å²) in [4.78, 5) is 7.33. The van der Waals surface area contributed by atoms with Gasteiger partial charge < -0.3 is 14.2 Å². The lowest BCUT2D eigenvalue weighted by Gasteiger charge is -2.35. The Kier molecular flexibility index (Phi) is 5.54. The molecule has 0 unspecified atom stereocenters. The highest BCUT2D eigenvalue weighted by molar-refractivity contribution is 5.28. The van der Waals surface area contributed by atoms with Crippen LogP contribution in [0.5, 0.6) is 5.75 Å². The van der Waals surface area contributed by atoms with E-state index in [0.717, 1.165) is 29.6 Å². The number of methoxy groups -OCH3 is 1. The first kappa shape index (κ1) is 17.5. The molecule has 1 saturated carbocycles. The van der Waals surface area contributed by atoms with Gasteiger partial charge in [-0.25, -0.2) is 0 Å². The molecule has 0 radical (unpaired) electrons. The normalized spacial score (nSPS) is 19.9. The van der Waals surface area contributed by atoms with Gasteiger partial charge in [0.05, 0.1) is 13.5 Å². The second kappa shape index (κ2) is 8.21. The largest absolute Gasteiger partial charge is 0.497 e. The molecule has 5 heteroatoms. The lowest BCUT2D eigenvalue weighted by molar-refractivity contribution is 0.133. The monoisotopic (exact) mass is 355 g/mol. The third-order valence-electron chi connectivity index (χ3n) is 5.99. The van der Waals surface area contributed by atoms with E-state index in [0.29, 0.717) is 18.2 Å². The number of ether oxygens (including phenoxy) is 1. The summed E-state index contributed by atoms with van der Waals surface area (Å²) in [6, 6.07) is 8.87. The molecule has 0 spiro atoms. The molecule has 1 aliphatic carbocycles. The maximum Gasteiger partial charge on any atom is 0.231 e. The first-order valence-corrected chi connectivity index (χ1v) is 9.98.